The fraction of sp³-hybridized carbons (Fsp3) is 0.571. The number of halogens is 4. The third-order valence-electron chi connectivity index (χ3n) is 2.86. The van der Waals surface area contributed by atoms with E-state index in [1.165, 1.54) is 12.1 Å². The molecular weight excluding hydrogens is 349 g/mol. The molecule has 0 saturated heterocycles. The van der Waals surface area contributed by atoms with Gasteiger partial charge in [-0.1, -0.05) is 22.0 Å². The normalized spacial score (nSPS) is 11.9. The fourth-order valence-corrected chi connectivity index (χ4v) is 2.24. The molecule has 7 heteroatoms. The minimum absolute atomic E-state index is 0.0705. The molecule has 0 heterocycles. The van der Waals surface area contributed by atoms with Crippen LogP contribution in [0.4, 0.5) is 13.2 Å². The van der Waals surface area contributed by atoms with Crippen LogP contribution in [-0.2, 0) is 17.5 Å². The summed E-state index contributed by atoms with van der Waals surface area (Å²) in [6.45, 7) is 3.50. The van der Waals surface area contributed by atoms with Crippen molar-refractivity contribution >= 4 is 15.9 Å². The number of benzene rings is 1. The molecule has 0 amide bonds. The van der Waals surface area contributed by atoms with Crippen LogP contribution in [0.2, 0.25) is 0 Å². The zero-order valence-corrected chi connectivity index (χ0v) is 13.5. The van der Waals surface area contributed by atoms with Gasteiger partial charge in [-0.25, -0.2) is 0 Å². The summed E-state index contributed by atoms with van der Waals surface area (Å²) < 4.78 is 43.2. The number of nitrogens with one attached hydrogen (secondary N) is 2. The third-order valence-corrected chi connectivity index (χ3v) is 3.55. The molecular formula is C14H20BrF3N2O. The average Bonchev–Trinajstić information content (AvgIpc) is 2.42. The molecule has 0 bridgehead atoms. The largest absolute Gasteiger partial charge is 0.417 e. The Morgan fingerprint density at radius 3 is 2.52 bits per heavy atom. The van der Waals surface area contributed by atoms with Crippen LogP contribution in [0.25, 0.3) is 0 Å². The number of hydrogen-bond acceptors (Lipinski definition) is 3. The Kier molecular flexibility index (Phi) is 8.24. The summed E-state index contributed by atoms with van der Waals surface area (Å²) in [5.41, 5.74) is -0.0131. The molecule has 21 heavy (non-hydrogen) atoms. The van der Waals surface area contributed by atoms with Crippen LogP contribution in [0.1, 0.15) is 17.5 Å². The summed E-state index contributed by atoms with van der Waals surface area (Å²) in [5, 5.41) is 6.34. The molecule has 0 saturated carbocycles. The minimum atomic E-state index is -4.33. The summed E-state index contributed by atoms with van der Waals surface area (Å²) in [4.78, 5) is 0. The zero-order valence-electron chi connectivity index (χ0n) is 11.9. The van der Waals surface area contributed by atoms with Crippen molar-refractivity contribution in [3.63, 3.8) is 0 Å². The Hall–Kier alpha value is -0.630. The van der Waals surface area contributed by atoms with E-state index in [1.54, 1.807) is 13.2 Å². The van der Waals surface area contributed by atoms with Gasteiger partial charge in [0.05, 0.1) is 12.2 Å². The maximum absolute atomic E-state index is 12.8. The zero-order chi connectivity index (χ0) is 15.7. The van der Waals surface area contributed by atoms with Crippen molar-refractivity contribution in [2.45, 2.75) is 19.1 Å². The van der Waals surface area contributed by atoms with Gasteiger partial charge in [-0.05, 0) is 37.2 Å². The molecule has 1 rings (SSSR count). The smallest absolute Gasteiger partial charge is 0.383 e. The highest BCUT2D eigenvalue weighted by atomic mass is 79.9. The van der Waals surface area contributed by atoms with Gasteiger partial charge in [-0.15, -0.1) is 0 Å². The van der Waals surface area contributed by atoms with Crippen LogP contribution in [0.15, 0.2) is 22.7 Å². The maximum atomic E-state index is 12.8. The van der Waals surface area contributed by atoms with E-state index < -0.39 is 11.7 Å². The van der Waals surface area contributed by atoms with Gasteiger partial charge in [-0.2, -0.15) is 13.2 Å². The van der Waals surface area contributed by atoms with Crippen LogP contribution in [0.3, 0.4) is 0 Å². The Labute approximate surface area is 131 Å². The van der Waals surface area contributed by atoms with E-state index in [0.29, 0.717) is 18.7 Å². The second kappa shape index (κ2) is 9.40. The SMILES string of the molecule is COCCNCCCNCc1ccc(Br)c(C(F)(F)F)c1. The Balaban J connectivity index is 2.30. The van der Waals surface area contributed by atoms with Crippen LogP contribution < -0.4 is 10.6 Å². The highest BCUT2D eigenvalue weighted by Crippen LogP contribution is 2.35. The number of hydrogen-bond donors (Lipinski definition) is 2. The minimum Gasteiger partial charge on any atom is -0.383 e. The molecule has 0 radical (unpaired) electrons. The van der Waals surface area contributed by atoms with Crippen molar-refractivity contribution in [2.75, 3.05) is 33.4 Å². The topological polar surface area (TPSA) is 33.3 Å². The summed E-state index contributed by atoms with van der Waals surface area (Å²) in [6, 6.07) is 4.29. The second-order valence-corrected chi connectivity index (χ2v) is 5.44. The van der Waals surface area contributed by atoms with Gasteiger partial charge in [0.15, 0.2) is 0 Å². The molecule has 0 fully saturated rings. The summed E-state index contributed by atoms with van der Waals surface area (Å²) >= 11 is 2.93. The molecule has 0 atom stereocenters. The number of methoxy groups -OCH3 is 1. The van der Waals surface area contributed by atoms with Gasteiger partial charge in [0.2, 0.25) is 0 Å². The van der Waals surface area contributed by atoms with Crippen LogP contribution in [0, 0.1) is 0 Å². The molecule has 2 N–H and O–H groups in total. The summed E-state index contributed by atoms with van der Waals surface area (Å²) in [5.74, 6) is 0. The van der Waals surface area contributed by atoms with Gasteiger partial charge in [0, 0.05) is 24.7 Å². The molecule has 120 valence electrons. The molecule has 0 aliphatic carbocycles. The van der Waals surface area contributed by atoms with E-state index in [2.05, 4.69) is 26.6 Å². The van der Waals surface area contributed by atoms with E-state index in [1.807, 2.05) is 0 Å². The monoisotopic (exact) mass is 368 g/mol. The molecule has 0 aromatic heterocycles. The fourth-order valence-electron chi connectivity index (χ4n) is 1.77. The lowest BCUT2D eigenvalue weighted by atomic mass is 10.1. The maximum Gasteiger partial charge on any atom is 0.417 e. The number of ether oxygens (including phenoxy) is 1. The number of alkyl halides is 3. The summed E-state index contributed by atoms with van der Waals surface area (Å²) in [6.07, 6.45) is -3.42. The van der Waals surface area contributed by atoms with E-state index >= 15 is 0 Å². The predicted octanol–water partition coefficient (Wildman–Crippen LogP) is 3.18. The molecule has 0 aliphatic rings. The molecule has 1 aromatic carbocycles. The first-order valence-corrected chi connectivity index (χ1v) is 7.50. The molecule has 0 spiro atoms. The van der Waals surface area contributed by atoms with E-state index in [0.717, 1.165) is 26.1 Å². The standard InChI is InChI=1S/C14H20BrF3N2O/c1-21-8-7-19-5-2-6-20-10-11-3-4-13(15)12(9-11)14(16,17)18/h3-4,9,19-20H,2,5-8,10H2,1H3. The lowest BCUT2D eigenvalue weighted by Crippen LogP contribution is -2.24. The Morgan fingerprint density at radius 2 is 1.86 bits per heavy atom. The predicted molar refractivity (Wildman–Crippen MR) is 80.2 cm³/mol. The third kappa shape index (κ3) is 7.26. The van der Waals surface area contributed by atoms with Gasteiger partial charge in [0.25, 0.3) is 0 Å². The molecule has 0 aliphatic heterocycles. The molecule has 3 nitrogen and oxygen atoms in total. The highest BCUT2D eigenvalue weighted by Gasteiger charge is 2.32. The van der Waals surface area contributed by atoms with Gasteiger partial charge >= 0.3 is 6.18 Å². The van der Waals surface area contributed by atoms with E-state index in [-0.39, 0.29) is 4.47 Å². The molecule has 1 aromatic rings. The first-order valence-electron chi connectivity index (χ1n) is 6.71. The first kappa shape index (κ1) is 18.4. The van der Waals surface area contributed by atoms with E-state index in [9.17, 15) is 13.2 Å². The van der Waals surface area contributed by atoms with Crippen molar-refractivity contribution < 1.29 is 17.9 Å². The van der Waals surface area contributed by atoms with Crippen molar-refractivity contribution in [1.29, 1.82) is 0 Å². The van der Waals surface area contributed by atoms with Gasteiger partial charge in [0.1, 0.15) is 0 Å². The van der Waals surface area contributed by atoms with Crippen molar-refractivity contribution in [3.8, 4) is 0 Å². The van der Waals surface area contributed by atoms with Crippen molar-refractivity contribution in [3.05, 3.63) is 33.8 Å². The van der Waals surface area contributed by atoms with Crippen molar-refractivity contribution in [1.82, 2.24) is 10.6 Å². The van der Waals surface area contributed by atoms with Gasteiger partial charge < -0.3 is 15.4 Å². The Morgan fingerprint density at radius 1 is 1.14 bits per heavy atom. The summed E-state index contributed by atoms with van der Waals surface area (Å²) in [7, 11) is 1.65. The Bertz CT molecular complexity index is 427. The second-order valence-electron chi connectivity index (χ2n) is 4.59. The highest BCUT2D eigenvalue weighted by molar-refractivity contribution is 9.10. The molecule has 0 unspecified atom stereocenters. The first-order chi connectivity index (χ1) is 9.95. The average molecular weight is 369 g/mol. The quantitative estimate of drug-likeness (QED) is 0.656. The lowest BCUT2D eigenvalue weighted by Gasteiger charge is -2.12. The van der Waals surface area contributed by atoms with Crippen LogP contribution >= 0.6 is 15.9 Å². The van der Waals surface area contributed by atoms with E-state index in [4.69, 9.17) is 4.74 Å². The van der Waals surface area contributed by atoms with Crippen LogP contribution in [-0.4, -0.2) is 33.4 Å². The van der Waals surface area contributed by atoms with Gasteiger partial charge in [-0.3, -0.25) is 0 Å². The number of rotatable bonds is 9. The van der Waals surface area contributed by atoms with Crippen LogP contribution in [0.5, 0.6) is 0 Å². The van der Waals surface area contributed by atoms with Crippen molar-refractivity contribution in [2.24, 2.45) is 0 Å². The lowest BCUT2D eigenvalue weighted by molar-refractivity contribution is -0.138.